The van der Waals surface area contributed by atoms with Crippen molar-refractivity contribution >= 4 is 23.3 Å². The van der Waals surface area contributed by atoms with Crippen LogP contribution in [0, 0.1) is 6.92 Å². The van der Waals surface area contributed by atoms with E-state index in [1.54, 1.807) is 19.1 Å². The third-order valence-corrected chi connectivity index (χ3v) is 3.03. The van der Waals surface area contributed by atoms with Crippen LogP contribution in [-0.4, -0.2) is 28.1 Å². The minimum atomic E-state index is -0.362. The van der Waals surface area contributed by atoms with Crippen LogP contribution < -0.4 is 10.6 Å². The highest BCUT2D eigenvalue weighted by Gasteiger charge is 2.14. The second-order valence-electron chi connectivity index (χ2n) is 6.45. The number of hydrogen-bond donors (Lipinski definition) is 2. The molecule has 0 fully saturated rings. The summed E-state index contributed by atoms with van der Waals surface area (Å²) in [4.78, 5) is 20.9. The van der Waals surface area contributed by atoms with Crippen molar-refractivity contribution in [2.45, 2.75) is 40.2 Å². The molecule has 128 valence electrons. The van der Waals surface area contributed by atoms with E-state index in [0.29, 0.717) is 29.5 Å². The first-order valence-electron chi connectivity index (χ1n) is 7.95. The molecule has 2 N–H and O–H groups in total. The predicted molar refractivity (Wildman–Crippen MR) is 95.8 cm³/mol. The average Bonchev–Trinajstić information content (AvgIpc) is 2.45. The molecule has 0 atom stereocenters. The Labute approximate surface area is 142 Å². The van der Waals surface area contributed by atoms with Crippen LogP contribution in [0.15, 0.2) is 30.3 Å². The SMILES string of the molecule is CCOC(=O)c1ccccc1Nc1cc(NC(C)(C)C)nc(C)n1. The number of benzene rings is 1. The van der Waals surface area contributed by atoms with Crippen LogP contribution in [0.1, 0.15) is 43.9 Å². The zero-order chi connectivity index (χ0) is 17.7. The van der Waals surface area contributed by atoms with Crippen molar-refractivity contribution in [3.63, 3.8) is 0 Å². The van der Waals surface area contributed by atoms with Gasteiger partial charge in [-0.3, -0.25) is 0 Å². The quantitative estimate of drug-likeness (QED) is 0.810. The Morgan fingerprint density at radius 1 is 1.17 bits per heavy atom. The Hall–Kier alpha value is -2.63. The Kier molecular flexibility index (Phi) is 5.39. The molecular formula is C18H24N4O2. The fourth-order valence-electron chi connectivity index (χ4n) is 2.20. The number of nitrogens with one attached hydrogen (secondary N) is 2. The Morgan fingerprint density at radius 2 is 1.83 bits per heavy atom. The Morgan fingerprint density at radius 3 is 2.50 bits per heavy atom. The van der Waals surface area contributed by atoms with Crippen LogP contribution in [0.5, 0.6) is 0 Å². The maximum Gasteiger partial charge on any atom is 0.340 e. The van der Waals surface area contributed by atoms with Gasteiger partial charge in [-0.2, -0.15) is 0 Å². The summed E-state index contributed by atoms with van der Waals surface area (Å²) in [6.45, 7) is 10.1. The molecule has 0 spiro atoms. The van der Waals surface area contributed by atoms with Crippen molar-refractivity contribution in [1.82, 2.24) is 9.97 Å². The Balaban J connectivity index is 2.30. The van der Waals surface area contributed by atoms with E-state index in [0.717, 1.165) is 5.82 Å². The number of rotatable bonds is 5. The molecule has 0 unspecified atom stereocenters. The predicted octanol–water partition coefficient (Wildman–Crippen LogP) is 3.92. The number of aromatic nitrogens is 2. The number of carbonyl (C=O) groups is 1. The summed E-state index contributed by atoms with van der Waals surface area (Å²) in [5.74, 6) is 1.62. The number of aryl methyl sites for hydroxylation is 1. The summed E-state index contributed by atoms with van der Waals surface area (Å²) < 4.78 is 5.10. The van der Waals surface area contributed by atoms with Crippen LogP contribution >= 0.6 is 0 Å². The molecule has 1 aromatic heterocycles. The standard InChI is InChI=1S/C18H24N4O2/c1-6-24-17(23)13-9-7-8-10-14(13)21-15-11-16(20-12(2)19-15)22-18(3,4)5/h7-11H,6H2,1-5H3,(H2,19,20,21,22). The molecule has 0 radical (unpaired) electrons. The lowest BCUT2D eigenvalue weighted by atomic mass is 10.1. The van der Waals surface area contributed by atoms with Crippen molar-refractivity contribution in [2.24, 2.45) is 0 Å². The monoisotopic (exact) mass is 328 g/mol. The van der Waals surface area contributed by atoms with Crippen molar-refractivity contribution < 1.29 is 9.53 Å². The third-order valence-electron chi connectivity index (χ3n) is 3.03. The van der Waals surface area contributed by atoms with Crippen molar-refractivity contribution in [2.75, 3.05) is 17.2 Å². The van der Waals surface area contributed by atoms with Gasteiger partial charge < -0.3 is 15.4 Å². The number of carbonyl (C=O) groups excluding carboxylic acids is 1. The highest BCUT2D eigenvalue weighted by molar-refractivity contribution is 5.96. The molecule has 24 heavy (non-hydrogen) atoms. The number of anilines is 3. The zero-order valence-electron chi connectivity index (χ0n) is 14.8. The van der Waals surface area contributed by atoms with Crippen molar-refractivity contribution in [1.29, 1.82) is 0 Å². The summed E-state index contributed by atoms with van der Waals surface area (Å²) in [5, 5.41) is 6.51. The van der Waals surface area contributed by atoms with E-state index >= 15 is 0 Å². The summed E-state index contributed by atoms with van der Waals surface area (Å²) in [7, 11) is 0. The molecule has 0 bridgehead atoms. The van der Waals surface area contributed by atoms with Gasteiger partial charge in [0.2, 0.25) is 0 Å². The fraction of sp³-hybridized carbons (Fsp3) is 0.389. The van der Waals surface area contributed by atoms with E-state index in [1.165, 1.54) is 0 Å². The number of para-hydroxylation sites is 1. The summed E-state index contributed by atoms with van der Waals surface area (Å²) >= 11 is 0. The number of esters is 1. The highest BCUT2D eigenvalue weighted by Crippen LogP contribution is 2.23. The van der Waals surface area contributed by atoms with E-state index in [2.05, 4.69) is 41.4 Å². The first kappa shape index (κ1) is 17.7. The minimum Gasteiger partial charge on any atom is -0.462 e. The molecule has 0 saturated carbocycles. The van der Waals surface area contributed by atoms with Crippen LogP contribution in [-0.2, 0) is 4.74 Å². The normalized spacial score (nSPS) is 11.0. The van der Waals surface area contributed by atoms with E-state index < -0.39 is 0 Å². The molecular weight excluding hydrogens is 304 g/mol. The zero-order valence-corrected chi connectivity index (χ0v) is 14.8. The summed E-state index contributed by atoms with van der Waals surface area (Å²) in [6.07, 6.45) is 0. The van der Waals surface area contributed by atoms with Crippen LogP contribution in [0.25, 0.3) is 0 Å². The summed E-state index contributed by atoms with van der Waals surface area (Å²) in [5.41, 5.74) is 1.01. The molecule has 0 amide bonds. The second-order valence-corrected chi connectivity index (χ2v) is 6.45. The van der Waals surface area contributed by atoms with Gasteiger partial charge in [0.05, 0.1) is 17.9 Å². The maximum absolute atomic E-state index is 12.1. The molecule has 0 saturated heterocycles. The van der Waals surface area contributed by atoms with Gasteiger partial charge in [0.1, 0.15) is 17.5 Å². The molecule has 0 aliphatic carbocycles. The van der Waals surface area contributed by atoms with Crippen molar-refractivity contribution in [3.8, 4) is 0 Å². The van der Waals surface area contributed by atoms with Crippen molar-refractivity contribution in [3.05, 3.63) is 41.7 Å². The van der Waals surface area contributed by atoms with Gasteiger partial charge in [-0.25, -0.2) is 14.8 Å². The van der Waals surface area contributed by atoms with Gasteiger partial charge in [0.15, 0.2) is 0 Å². The summed E-state index contributed by atoms with van der Waals surface area (Å²) in [6, 6.07) is 9.02. The van der Waals surface area contributed by atoms with Gasteiger partial charge in [0, 0.05) is 11.6 Å². The maximum atomic E-state index is 12.1. The lowest BCUT2D eigenvalue weighted by molar-refractivity contribution is 0.0527. The van der Waals surface area contributed by atoms with Crippen LogP contribution in [0.2, 0.25) is 0 Å². The average molecular weight is 328 g/mol. The van der Waals surface area contributed by atoms with Gasteiger partial charge in [-0.05, 0) is 46.8 Å². The highest BCUT2D eigenvalue weighted by atomic mass is 16.5. The van der Waals surface area contributed by atoms with Gasteiger partial charge in [-0.15, -0.1) is 0 Å². The van der Waals surface area contributed by atoms with Crippen LogP contribution in [0.3, 0.4) is 0 Å². The minimum absolute atomic E-state index is 0.110. The third kappa shape index (κ3) is 4.94. The lowest BCUT2D eigenvalue weighted by Gasteiger charge is -2.22. The topological polar surface area (TPSA) is 76.1 Å². The largest absolute Gasteiger partial charge is 0.462 e. The van der Waals surface area contributed by atoms with E-state index in [1.807, 2.05) is 25.1 Å². The molecule has 1 aromatic carbocycles. The smallest absolute Gasteiger partial charge is 0.340 e. The first-order chi connectivity index (χ1) is 11.3. The fourth-order valence-corrected chi connectivity index (χ4v) is 2.20. The molecule has 1 heterocycles. The van der Waals surface area contributed by atoms with Gasteiger partial charge >= 0.3 is 5.97 Å². The Bertz CT molecular complexity index is 723. The van der Waals surface area contributed by atoms with Gasteiger partial charge in [0.25, 0.3) is 0 Å². The molecule has 6 nitrogen and oxygen atoms in total. The number of nitrogens with zero attached hydrogens (tertiary/aromatic N) is 2. The molecule has 6 heteroatoms. The number of hydrogen-bond acceptors (Lipinski definition) is 6. The van der Waals surface area contributed by atoms with E-state index in [9.17, 15) is 4.79 Å². The molecule has 2 rings (SSSR count). The first-order valence-corrected chi connectivity index (χ1v) is 7.95. The second kappa shape index (κ2) is 7.29. The molecule has 2 aromatic rings. The molecule has 0 aliphatic heterocycles. The van der Waals surface area contributed by atoms with Gasteiger partial charge in [-0.1, -0.05) is 12.1 Å². The van der Waals surface area contributed by atoms with E-state index in [-0.39, 0.29) is 11.5 Å². The number of ether oxygens (including phenoxy) is 1. The van der Waals surface area contributed by atoms with E-state index in [4.69, 9.17) is 4.74 Å². The lowest BCUT2D eigenvalue weighted by Crippen LogP contribution is -2.27. The van der Waals surface area contributed by atoms with Crippen LogP contribution in [0.4, 0.5) is 17.3 Å². The molecule has 0 aliphatic rings.